The Morgan fingerprint density at radius 3 is 2.65 bits per heavy atom. The summed E-state index contributed by atoms with van der Waals surface area (Å²) in [6, 6.07) is 11.7. The molecule has 0 aliphatic carbocycles. The monoisotopic (exact) mass is 267 g/mol. The molecule has 100 valence electrons. The number of ether oxygens (including phenoxy) is 1. The molecule has 0 unspecified atom stereocenters. The molecule has 0 aliphatic rings. The molecule has 20 heavy (non-hydrogen) atoms. The lowest BCUT2D eigenvalue weighted by atomic mass is 10.1. The number of hydrogen-bond donors (Lipinski definition) is 1. The Balaban J connectivity index is 2.00. The predicted octanol–water partition coefficient (Wildman–Crippen LogP) is 1.92. The molecule has 1 aromatic carbocycles. The van der Waals surface area contributed by atoms with Gasteiger partial charge in [-0.3, -0.25) is 0 Å². The van der Waals surface area contributed by atoms with Crippen molar-refractivity contribution in [2.24, 2.45) is 0 Å². The van der Waals surface area contributed by atoms with Crippen molar-refractivity contribution < 1.29 is 4.74 Å². The largest absolute Gasteiger partial charge is 0.481 e. The van der Waals surface area contributed by atoms with Gasteiger partial charge in [0.2, 0.25) is 11.8 Å². The maximum absolute atomic E-state index is 5.65. The molecule has 2 aromatic heterocycles. The number of aromatic nitrogens is 4. The Morgan fingerprint density at radius 1 is 1.10 bits per heavy atom. The number of hydrogen-bond acceptors (Lipinski definition) is 5. The Kier molecular flexibility index (Phi) is 3.04. The first-order valence-electron chi connectivity index (χ1n) is 6.05. The van der Waals surface area contributed by atoms with Crippen molar-refractivity contribution in [3.8, 4) is 22.8 Å². The van der Waals surface area contributed by atoms with Crippen LogP contribution in [0.25, 0.3) is 16.9 Å². The second kappa shape index (κ2) is 5.00. The smallest absolute Gasteiger partial charge is 0.225 e. The number of rotatable bonds is 3. The van der Waals surface area contributed by atoms with E-state index in [0.717, 1.165) is 11.1 Å². The first kappa shape index (κ1) is 12.2. The van der Waals surface area contributed by atoms with E-state index in [-0.39, 0.29) is 5.95 Å². The zero-order chi connectivity index (χ0) is 13.9. The van der Waals surface area contributed by atoms with Gasteiger partial charge in [0.05, 0.1) is 13.3 Å². The molecule has 0 saturated carbocycles. The van der Waals surface area contributed by atoms with E-state index in [9.17, 15) is 0 Å². The van der Waals surface area contributed by atoms with Crippen LogP contribution in [-0.2, 0) is 0 Å². The first-order valence-corrected chi connectivity index (χ1v) is 6.05. The topological polar surface area (TPSA) is 78.8 Å². The van der Waals surface area contributed by atoms with Crippen molar-refractivity contribution in [2.75, 3.05) is 12.8 Å². The van der Waals surface area contributed by atoms with Crippen molar-refractivity contribution in [3.63, 3.8) is 0 Å². The quantitative estimate of drug-likeness (QED) is 0.784. The fourth-order valence-electron chi connectivity index (χ4n) is 1.88. The molecule has 6 nitrogen and oxygen atoms in total. The van der Waals surface area contributed by atoms with Gasteiger partial charge in [-0.25, -0.2) is 4.68 Å². The number of methoxy groups -OCH3 is 1. The molecule has 0 bridgehead atoms. The van der Waals surface area contributed by atoms with Gasteiger partial charge < -0.3 is 10.5 Å². The van der Waals surface area contributed by atoms with Gasteiger partial charge in [0.1, 0.15) is 0 Å². The van der Waals surface area contributed by atoms with Crippen LogP contribution in [-0.4, -0.2) is 26.9 Å². The van der Waals surface area contributed by atoms with Crippen molar-refractivity contribution in [3.05, 3.63) is 48.8 Å². The minimum Gasteiger partial charge on any atom is -0.481 e. The van der Waals surface area contributed by atoms with Crippen LogP contribution in [0.1, 0.15) is 0 Å². The summed E-state index contributed by atoms with van der Waals surface area (Å²) in [6.45, 7) is 0. The van der Waals surface area contributed by atoms with E-state index < -0.39 is 0 Å². The predicted molar refractivity (Wildman–Crippen MR) is 75.6 cm³/mol. The fourth-order valence-corrected chi connectivity index (χ4v) is 1.88. The van der Waals surface area contributed by atoms with Crippen LogP contribution in [0.15, 0.2) is 48.8 Å². The third-order valence-corrected chi connectivity index (χ3v) is 2.84. The molecular formula is C14H13N5O. The van der Waals surface area contributed by atoms with E-state index in [0.29, 0.717) is 11.7 Å². The molecule has 0 saturated heterocycles. The molecule has 0 radical (unpaired) electrons. The first-order chi connectivity index (χ1) is 9.76. The second-order valence-electron chi connectivity index (χ2n) is 4.17. The summed E-state index contributed by atoms with van der Waals surface area (Å²) in [5.74, 6) is 1.12. The Morgan fingerprint density at radius 2 is 1.90 bits per heavy atom. The summed E-state index contributed by atoms with van der Waals surface area (Å²) in [5.41, 5.74) is 7.74. The summed E-state index contributed by atoms with van der Waals surface area (Å²) in [5, 5.41) is 4.29. The molecule has 0 fully saturated rings. The average molecular weight is 267 g/mol. The van der Waals surface area contributed by atoms with Crippen molar-refractivity contribution >= 4 is 5.95 Å². The van der Waals surface area contributed by atoms with Gasteiger partial charge in [-0.1, -0.05) is 30.3 Å². The van der Waals surface area contributed by atoms with E-state index in [1.807, 2.05) is 36.5 Å². The highest BCUT2D eigenvalue weighted by Crippen LogP contribution is 2.20. The Hall–Kier alpha value is -2.89. The van der Waals surface area contributed by atoms with Crippen LogP contribution < -0.4 is 10.5 Å². The highest BCUT2D eigenvalue weighted by atomic mass is 16.5. The molecule has 0 atom stereocenters. The lowest BCUT2D eigenvalue weighted by Gasteiger charge is -2.04. The maximum Gasteiger partial charge on any atom is 0.225 e. The second-order valence-corrected chi connectivity index (χ2v) is 4.17. The zero-order valence-electron chi connectivity index (χ0n) is 10.9. The van der Waals surface area contributed by atoms with Gasteiger partial charge in [-0.2, -0.15) is 15.1 Å². The zero-order valence-corrected chi connectivity index (χ0v) is 10.9. The van der Waals surface area contributed by atoms with Crippen LogP contribution in [0.3, 0.4) is 0 Å². The van der Waals surface area contributed by atoms with Crippen molar-refractivity contribution in [1.82, 2.24) is 19.7 Å². The van der Waals surface area contributed by atoms with Crippen LogP contribution >= 0.6 is 0 Å². The summed E-state index contributed by atoms with van der Waals surface area (Å²) >= 11 is 0. The summed E-state index contributed by atoms with van der Waals surface area (Å²) in [7, 11) is 1.53. The molecule has 2 heterocycles. The molecule has 6 heteroatoms. The van der Waals surface area contributed by atoms with Crippen LogP contribution in [0.4, 0.5) is 5.95 Å². The van der Waals surface area contributed by atoms with Gasteiger partial charge in [-0.05, 0) is 5.56 Å². The van der Waals surface area contributed by atoms with Gasteiger partial charge in [0.25, 0.3) is 0 Å². The number of nitrogens with zero attached hydrogens (tertiary/aromatic N) is 4. The fraction of sp³-hybridized carbons (Fsp3) is 0.0714. The molecule has 2 N–H and O–H groups in total. The Bertz CT molecular complexity index is 723. The highest BCUT2D eigenvalue weighted by Gasteiger charge is 2.07. The number of benzene rings is 1. The van der Waals surface area contributed by atoms with Crippen molar-refractivity contribution in [1.29, 1.82) is 0 Å². The molecule has 3 rings (SSSR count). The third-order valence-electron chi connectivity index (χ3n) is 2.84. The normalized spacial score (nSPS) is 10.4. The summed E-state index contributed by atoms with van der Waals surface area (Å²) in [6.07, 6.45) is 3.66. The average Bonchev–Trinajstić information content (AvgIpc) is 2.97. The summed E-state index contributed by atoms with van der Waals surface area (Å²) in [4.78, 5) is 8.09. The van der Waals surface area contributed by atoms with E-state index in [2.05, 4.69) is 15.1 Å². The summed E-state index contributed by atoms with van der Waals surface area (Å²) < 4.78 is 6.72. The van der Waals surface area contributed by atoms with Gasteiger partial charge in [0.15, 0.2) is 5.82 Å². The van der Waals surface area contributed by atoms with Gasteiger partial charge >= 0.3 is 0 Å². The minimum absolute atomic E-state index is 0.149. The standard InChI is InChI=1S/C14H13N5O/c1-20-13-7-12(17-14(15)18-13)19-9-11(8-16-19)10-5-3-2-4-6-10/h2-9H,1H3,(H2,15,17,18). The number of nitrogen functional groups attached to an aromatic ring is 1. The third kappa shape index (κ3) is 2.31. The van der Waals surface area contributed by atoms with E-state index in [1.165, 1.54) is 7.11 Å². The lowest BCUT2D eigenvalue weighted by molar-refractivity contribution is 0.397. The molecule has 0 amide bonds. The van der Waals surface area contributed by atoms with Crippen molar-refractivity contribution in [2.45, 2.75) is 0 Å². The van der Waals surface area contributed by atoms with Crippen LogP contribution in [0, 0.1) is 0 Å². The molecular weight excluding hydrogens is 254 g/mol. The Labute approximate surface area is 115 Å². The highest BCUT2D eigenvalue weighted by molar-refractivity contribution is 5.61. The SMILES string of the molecule is COc1cc(-n2cc(-c3ccccc3)cn2)nc(N)n1. The maximum atomic E-state index is 5.65. The van der Waals surface area contributed by atoms with Crippen LogP contribution in [0.2, 0.25) is 0 Å². The lowest BCUT2D eigenvalue weighted by Crippen LogP contribution is -2.04. The molecule has 0 aliphatic heterocycles. The van der Waals surface area contributed by atoms with Gasteiger partial charge in [0, 0.05) is 17.8 Å². The van der Waals surface area contributed by atoms with Gasteiger partial charge in [-0.15, -0.1) is 0 Å². The number of nitrogens with two attached hydrogens (primary N) is 1. The van der Waals surface area contributed by atoms with E-state index >= 15 is 0 Å². The van der Waals surface area contributed by atoms with E-state index in [4.69, 9.17) is 10.5 Å². The van der Waals surface area contributed by atoms with Crippen LogP contribution in [0.5, 0.6) is 5.88 Å². The number of anilines is 1. The minimum atomic E-state index is 0.149. The molecule has 0 spiro atoms. The molecule has 3 aromatic rings. The van der Waals surface area contributed by atoms with E-state index in [1.54, 1.807) is 16.9 Å².